The molecule has 3 aromatic carbocycles. The van der Waals surface area contributed by atoms with Crippen LogP contribution in [0.3, 0.4) is 0 Å². The van der Waals surface area contributed by atoms with Crippen LogP contribution in [0.25, 0.3) is 10.9 Å². The van der Waals surface area contributed by atoms with Gasteiger partial charge in [-0.05, 0) is 35.9 Å². The van der Waals surface area contributed by atoms with E-state index in [4.69, 9.17) is 9.47 Å². The summed E-state index contributed by atoms with van der Waals surface area (Å²) in [7, 11) is 0. The van der Waals surface area contributed by atoms with Crippen LogP contribution in [-0.2, 0) is 11.4 Å². The molecule has 2 amide bonds. The first-order valence-corrected chi connectivity index (χ1v) is 10.2. The minimum atomic E-state index is -0.606. The molecule has 0 saturated carbocycles. The highest BCUT2D eigenvalue weighted by atomic mass is 16.5. The van der Waals surface area contributed by atoms with E-state index >= 15 is 0 Å². The van der Waals surface area contributed by atoms with E-state index in [2.05, 4.69) is 15.8 Å². The zero-order chi connectivity index (χ0) is 23.0. The van der Waals surface area contributed by atoms with Crippen LogP contribution in [0.1, 0.15) is 15.9 Å². The van der Waals surface area contributed by atoms with E-state index in [1.807, 2.05) is 30.3 Å². The molecule has 3 N–H and O–H groups in total. The largest absolute Gasteiger partial charge is 0.489 e. The molecule has 33 heavy (non-hydrogen) atoms. The monoisotopic (exact) mass is 443 g/mol. The number of hydrogen-bond acceptors (Lipinski definition) is 5. The summed E-state index contributed by atoms with van der Waals surface area (Å²) < 4.78 is 11.2. The van der Waals surface area contributed by atoms with E-state index in [1.54, 1.807) is 48.5 Å². The van der Waals surface area contributed by atoms with Gasteiger partial charge in [-0.15, -0.1) is 0 Å². The first-order valence-electron chi connectivity index (χ1n) is 10.2. The van der Waals surface area contributed by atoms with Crippen molar-refractivity contribution in [2.24, 2.45) is 0 Å². The van der Waals surface area contributed by atoms with Gasteiger partial charge >= 0.3 is 0 Å². The zero-order valence-electron chi connectivity index (χ0n) is 17.5. The molecule has 166 valence electrons. The molecule has 8 nitrogen and oxygen atoms in total. The number of hydrogen-bond donors (Lipinski definition) is 3. The molecule has 0 saturated heterocycles. The Bertz CT molecular complexity index is 1320. The number of carbonyl (C=O) groups excluding carboxylic acids is 2. The number of nitrogens with one attached hydrogen (secondary N) is 3. The van der Waals surface area contributed by atoms with Gasteiger partial charge in [-0.2, -0.15) is 0 Å². The van der Waals surface area contributed by atoms with Crippen LogP contribution in [0.4, 0.5) is 0 Å². The van der Waals surface area contributed by atoms with Gasteiger partial charge in [0.1, 0.15) is 18.1 Å². The van der Waals surface area contributed by atoms with Crippen molar-refractivity contribution in [1.82, 2.24) is 15.8 Å². The maximum absolute atomic E-state index is 12.5. The lowest BCUT2D eigenvalue weighted by molar-refractivity contribution is -0.123. The van der Waals surface area contributed by atoms with Crippen molar-refractivity contribution in [2.75, 3.05) is 6.61 Å². The number of rotatable bonds is 7. The van der Waals surface area contributed by atoms with Gasteiger partial charge < -0.3 is 14.5 Å². The van der Waals surface area contributed by atoms with Gasteiger partial charge in [0.05, 0.1) is 5.56 Å². The Balaban J connectivity index is 1.26. The Morgan fingerprint density at radius 1 is 0.788 bits per heavy atom. The summed E-state index contributed by atoms with van der Waals surface area (Å²) in [4.78, 5) is 39.0. The number of ether oxygens (including phenoxy) is 2. The third-order valence-electron chi connectivity index (χ3n) is 4.75. The van der Waals surface area contributed by atoms with Crippen LogP contribution in [0, 0.1) is 0 Å². The van der Waals surface area contributed by atoms with Crippen molar-refractivity contribution < 1.29 is 19.1 Å². The van der Waals surface area contributed by atoms with E-state index in [1.165, 1.54) is 6.07 Å². The molecule has 0 aliphatic rings. The molecule has 0 atom stereocenters. The maximum Gasteiger partial charge on any atom is 0.276 e. The summed E-state index contributed by atoms with van der Waals surface area (Å²) in [6.45, 7) is 0.145. The molecular weight excluding hydrogens is 422 g/mol. The third kappa shape index (κ3) is 5.76. The first-order chi connectivity index (χ1) is 16.1. The molecule has 0 radical (unpaired) electrons. The van der Waals surface area contributed by atoms with Crippen LogP contribution in [-0.4, -0.2) is 23.4 Å². The molecule has 0 bridgehead atoms. The lowest BCUT2D eigenvalue weighted by Crippen LogP contribution is -2.44. The number of benzene rings is 3. The van der Waals surface area contributed by atoms with Crippen molar-refractivity contribution >= 4 is 22.7 Å². The van der Waals surface area contributed by atoms with Crippen molar-refractivity contribution in [1.29, 1.82) is 0 Å². The number of aromatic nitrogens is 1. The Morgan fingerprint density at radius 2 is 1.45 bits per heavy atom. The molecule has 4 aromatic rings. The van der Waals surface area contributed by atoms with E-state index in [0.29, 0.717) is 29.0 Å². The number of fused-ring (bicyclic) bond motifs is 1. The third-order valence-corrected chi connectivity index (χ3v) is 4.75. The van der Waals surface area contributed by atoms with Crippen LogP contribution < -0.4 is 25.9 Å². The van der Waals surface area contributed by atoms with Crippen molar-refractivity contribution in [3.63, 3.8) is 0 Å². The molecular formula is C25H21N3O5. The number of amides is 2. The Labute approximate surface area is 189 Å². The maximum atomic E-state index is 12.5. The quantitative estimate of drug-likeness (QED) is 0.381. The summed E-state index contributed by atoms with van der Waals surface area (Å²) >= 11 is 0. The zero-order valence-corrected chi connectivity index (χ0v) is 17.5. The second-order valence-electron chi connectivity index (χ2n) is 7.13. The summed E-state index contributed by atoms with van der Waals surface area (Å²) in [6, 6.07) is 24.8. The fourth-order valence-electron chi connectivity index (χ4n) is 3.14. The Kier molecular flexibility index (Phi) is 6.65. The van der Waals surface area contributed by atoms with Gasteiger partial charge in [0.15, 0.2) is 6.61 Å². The van der Waals surface area contributed by atoms with Crippen molar-refractivity contribution in [3.05, 3.63) is 106 Å². The summed E-state index contributed by atoms with van der Waals surface area (Å²) in [5.41, 5.74) is 5.92. The van der Waals surface area contributed by atoms with Gasteiger partial charge in [-0.3, -0.25) is 25.2 Å². The second kappa shape index (κ2) is 10.1. The molecule has 1 aromatic heterocycles. The van der Waals surface area contributed by atoms with Gasteiger partial charge in [0.2, 0.25) is 5.56 Å². The molecule has 0 unspecified atom stereocenters. The van der Waals surface area contributed by atoms with Gasteiger partial charge in [-0.25, -0.2) is 0 Å². The SMILES string of the molecule is O=C(COc1ccc(OCc2ccccc2)cc1)NNC(=O)c1cc(=O)[nH]c2ccccc12. The van der Waals surface area contributed by atoms with Crippen LogP contribution in [0.5, 0.6) is 11.5 Å². The average molecular weight is 443 g/mol. The molecule has 0 spiro atoms. The minimum Gasteiger partial charge on any atom is -0.489 e. The Hall–Kier alpha value is -4.59. The fourth-order valence-corrected chi connectivity index (χ4v) is 3.14. The second-order valence-corrected chi connectivity index (χ2v) is 7.13. The van der Waals surface area contributed by atoms with Crippen molar-refractivity contribution in [3.8, 4) is 11.5 Å². The summed E-state index contributed by atoms with van der Waals surface area (Å²) in [5, 5.41) is 0.565. The number of pyridine rings is 1. The van der Waals surface area contributed by atoms with E-state index in [9.17, 15) is 14.4 Å². The highest BCUT2D eigenvalue weighted by Crippen LogP contribution is 2.19. The molecule has 0 aliphatic carbocycles. The number of carbonyl (C=O) groups is 2. The first kappa shape index (κ1) is 21.6. The van der Waals surface area contributed by atoms with E-state index in [0.717, 1.165) is 5.56 Å². The predicted octanol–water partition coefficient (Wildman–Crippen LogP) is 2.95. The molecule has 8 heteroatoms. The lowest BCUT2D eigenvalue weighted by Gasteiger charge is -2.11. The van der Waals surface area contributed by atoms with Gasteiger partial charge in [0, 0.05) is 17.0 Å². The van der Waals surface area contributed by atoms with E-state index in [-0.39, 0.29) is 12.2 Å². The smallest absolute Gasteiger partial charge is 0.276 e. The topological polar surface area (TPSA) is 110 Å². The Morgan fingerprint density at radius 3 is 2.21 bits per heavy atom. The predicted molar refractivity (Wildman–Crippen MR) is 123 cm³/mol. The summed E-state index contributed by atoms with van der Waals surface area (Å²) in [5.74, 6) is -0.00964. The molecule has 4 rings (SSSR count). The number of H-pyrrole nitrogens is 1. The standard InChI is InChI=1S/C25H21N3O5/c29-23-14-21(20-8-4-5-9-22(20)26-23)25(31)28-27-24(30)16-33-19-12-10-18(11-13-19)32-15-17-6-2-1-3-7-17/h1-14H,15-16H2,(H,26,29)(H,27,30)(H,28,31). The lowest BCUT2D eigenvalue weighted by atomic mass is 10.1. The van der Waals surface area contributed by atoms with Crippen LogP contribution >= 0.6 is 0 Å². The van der Waals surface area contributed by atoms with E-state index < -0.39 is 17.4 Å². The van der Waals surface area contributed by atoms with Gasteiger partial charge in [-0.1, -0.05) is 48.5 Å². The average Bonchev–Trinajstić information content (AvgIpc) is 2.85. The number of aromatic amines is 1. The highest BCUT2D eigenvalue weighted by molar-refractivity contribution is 6.06. The normalized spacial score (nSPS) is 10.4. The van der Waals surface area contributed by atoms with Crippen LogP contribution in [0.15, 0.2) is 89.7 Å². The fraction of sp³-hybridized carbons (Fsp3) is 0.0800. The van der Waals surface area contributed by atoms with Gasteiger partial charge in [0.25, 0.3) is 11.8 Å². The summed E-state index contributed by atoms with van der Waals surface area (Å²) in [6.07, 6.45) is 0. The van der Waals surface area contributed by atoms with Crippen LogP contribution in [0.2, 0.25) is 0 Å². The highest BCUT2D eigenvalue weighted by Gasteiger charge is 2.13. The molecule has 0 aliphatic heterocycles. The molecule has 1 heterocycles. The number of para-hydroxylation sites is 1. The number of hydrazine groups is 1. The molecule has 0 fully saturated rings. The minimum absolute atomic E-state index is 0.154. The van der Waals surface area contributed by atoms with Crippen molar-refractivity contribution in [2.45, 2.75) is 6.61 Å².